The Bertz CT molecular complexity index is 521. The van der Waals surface area contributed by atoms with Crippen LogP contribution in [0.2, 0.25) is 0 Å². The van der Waals surface area contributed by atoms with Gasteiger partial charge in [-0.15, -0.1) is 0 Å². The Labute approximate surface area is 133 Å². The molecule has 2 rings (SSSR count). The minimum absolute atomic E-state index is 0.220. The van der Waals surface area contributed by atoms with Gasteiger partial charge in [0.05, 0.1) is 12.1 Å². The molecular formula is C15H20BrN3O2. The molecule has 0 aromatic heterocycles. The average molecular weight is 354 g/mol. The van der Waals surface area contributed by atoms with E-state index in [-0.39, 0.29) is 24.4 Å². The lowest BCUT2D eigenvalue weighted by Crippen LogP contribution is -2.49. The predicted octanol–water partition coefficient (Wildman–Crippen LogP) is 1.52. The molecule has 1 fully saturated rings. The summed E-state index contributed by atoms with van der Waals surface area (Å²) in [5, 5.41) is 2.44. The summed E-state index contributed by atoms with van der Waals surface area (Å²) in [7, 11) is 0. The monoisotopic (exact) mass is 353 g/mol. The highest BCUT2D eigenvalue weighted by Crippen LogP contribution is 2.17. The number of likely N-dealkylation sites (tertiary alicyclic amines) is 1. The molecule has 0 bridgehead atoms. The fraction of sp³-hybridized carbons (Fsp3) is 0.467. The lowest BCUT2D eigenvalue weighted by Gasteiger charge is -2.34. The second-order valence-electron chi connectivity index (χ2n) is 5.21. The van der Waals surface area contributed by atoms with Gasteiger partial charge in [0, 0.05) is 17.1 Å². The van der Waals surface area contributed by atoms with E-state index in [0.29, 0.717) is 16.6 Å². The Balaban J connectivity index is 1.92. The number of nitrogens with one attached hydrogen (secondary N) is 1. The third-order valence-electron chi connectivity index (χ3n) is 3.74. The molecule has 0 spiro atoms. The third-order valence-corrected chi connectivity index (χ3v) is 4.43. The topological polar surface area (TPSA) is 75.4 Å². The van der Waals surface area contributed by atoms with Gasteiger partial charge in [-0.1, -0.05) is 18.6 Å². The van der Waals surface area contributed by atoms with Crippen LogP contribution >= 0.6 is 15.9 Å². The van der Waals surface area contributed by atoms with Crippen molar-refractivity contribution in [2.75, 3.05) is 19.6 Å². The first-order valence-electron chi connectivity index (χ1n) is 7.14. The third kappa shape index (κ3) is 4.36. The van der Waals surface area contributed by atoms with Gasteiger partial charge in [0.2, 0.25) is 5.91 Å². The molecule has 114 valence electrons. The summed E-state index contributed by atoms with van der Waals surface area (Å²) in [6.07, 6.45) is 3.24. The maximum absolute atomic E-state index is 12.1. The van der Waals surface area contributed by atoms with Crippen LogP contribution in [0.5, 0.6) is 0 Å². The first kappa shape index (κ1) is 16.1. The molecule has 1 aromatic carbocycles. The van der Waals surface area contributed by atoms with Gasteiger partial charge in [-0.25, -0.2) is 0 Å². The van der Waals surface area contributed by atoms with Crippen LogP contribution in [0.4, 0.5) is 0 Å². The zero-order chi connectivity index (χ0) is 15.2. The highest BCUT2D eigenvalue weighted by atomic mass is 79.9. The smallest absolute Gasteiger partial charge is 0.259 e. The first-order valence-corrected chi connectivity index (χ1v) is 7.94. The van der Waals surface area contributed by atoms with Crippen LogP contribution in [0.3, 0.4) is 0 Å². The molecule has 6 heteroatoms. The molecule has 1 aromatic rings. The van der Waals surface area contributed by atoms with Crippen LogP contribution < -0.4 is 11.1 Å². The number of hydrogen-bond donors (Lipinski definition) is 2. The van der Waals surface area contributed by atoms with Crippen molar-refractivity contribution < 1.29 is 9.59 Å². The summed E-state index contributed by atoms with van der Waals surface area (Å²) in [4.78, 5) is 26.2. The van der Waals surface area contributed by atoms with Crippen molar-refractivity contribution in [2.45, 2.75) is 25.3 Å². The number of halogens is 1. The van der Waals surface area contributed by atoms with Crippen molar-refractivity contribution in [1.29, 1.82) is 0 Å². The van der Waals surface area contributed by atoms with Gasteiger partial charge in [0.15, 0.2) is 0 Å². The molecule has 21 heavy (non-hydrogen) atoms. The molecule has 1 aliphatic rings. The van der Waals surface area contributed by atoms with Crippen LogP contribution in [-0.4, -0.2) is 42.4 Å². The highest BCUT2D eigenvalue weighted by Gasteiger charge is 2.24. The first-order chi connectivity index (χ1) is 10.1. The lowest BCUT2D eigenvalue weighted by molar-refractivity contribution is -0.122. The van der Waals surface area contributed by atoms with Crippen LogP contribution in [-0.2, 0) is 4.79 Å². The van der Waals surface area contributed by atoms with Gasteiger partial charge >= 0.3 is 0 Å². The van der Waals surface area contributed by atoms with Crippen molar-refractivity contribution in [1.82, 2.24) is 10.2 Å². The van der Waals surface area contributed by atoms with Crippen molar-refractivity contribution in [3.63, 3.8) is 0 Å². The Kier molecular flexibility index (Phi) is 5.90. The fourth-order valence-corrected chi connectivity index (χ4v) is 3.06. The van der Waals surface area contributed by atoms with Gasteiger partial charge in [-0.2, -0.15) is 0 Å². The fourth-order valence-electron chi connectivity index (χ4n) is 2.60. The molecule has 0 aliphatic carbocycles. The summed E-state index contributed by atoms with van der Waals surface area (Å²) in [5.74, 6) is -0.662. The van der Waals surface area contributed by atoms with Crippen LogP contribution in [0.25, 0.3) is 0 Å². The van der Waals surface area contributed by atoms with E-state index in [1.165, 1.54) is 0 Å². The number of piperidine rings is 1. The minimum atomic E-state index is -0.381. The molecule has 1 aliphatic heterocycles. The summed E-state index contributed by atoms with van der Waals surface area (Å²) < 4.78 is 0.674. The number of nitrogens with two attached hydrogens (primary N) is 1. The van der Waals surface area contributed by atoms with Crippen molar-refractivity contribution >= 4 is 27.7 Å². The molecule has 3 N–H and O–H groups in total. The predicted molar refractivity (Wildman–Crippen MR) is 84.9 cm³/mol. The van der Waals surface area contributed by atoms with Gasteiger partial charge in [-0.05, 0) is 47.4 Å². The molecule has 1 heterocycles. The molecule has 1 saturated heterocycles. The highest BCUT2D eigenvalue weighted by molar-refractivity contribution is 9.10. The SMILES string of the molecule is NCC1CCCCN1CC(=O)NC(=O)c1ccccc1Br. The molecule has 1 atom stereocenters. The second kappa shape index (κ2) is 7.68. The number of rotatable bonds is 4. The Morgan fingerprint density at radius 1 is 1.33 bits per heavy atom. The number of benzene rings is 1. The standard InChI is InChI=1S/C15H20BrN3O2/c16-13-7-2-1-6-12(13)15(21)18-14(20)10-19-8-4-3-5-11(19)9-17/h1-2,6-7,11H,3-5,8-10,17H2,(H,18,20,21). The van der Waals surface area contributed by atoms with Crippen LogP contribution in [0.15, 0.2) is 28.7 Å². The van der Waals surface area contributed by atoms with E-state index in [0.717, 1.165) is 25.8 Å². The van der Waals surface area contributed by atoms with Gasteiger partial charge < -0.3 is 5.73 Å². The van der Waals surface area contributed by atoms with E-state index in [9.17, 15) is 9.59 Å². The number of nitrogens with zero attached hydrogens (tertiary/aromatic N) is 1. The maximum Gasteiger partial charge on any atom is 0.259 e. The van der Waals surface area contributed by atoms with Gasteiger partial charge in [0.25, 0.3) is 5.91 Å². The number of hydrogen-bond acceptors (Lipinski definition) is 4. The summed E-state index contributed by atoms with van der Waals surface area (Å²) in [5.41, 5.74) is 6.19. The number of amides is 2. The van der Waals surface area contributed by atoms with E-state index in [2.05, 4.69) is 26.1 Å². The summed E-state index contributed by atoms with van der Waals surface area (Å²) in [6.45, 7) is 1.63. The molecule has 5 nitrogen and oxygen atoms in total. The van der Waals surface area contributed by atoms with E-state index in [1.807, 2.05) is 6.07 Å². The number of carbonyl (C=O) groups excluding carboxylic acids is 2. The Morgan fingerprint density at radius 3 is 2.81 bits per heavy atom. The molecule has 1 unspecified atom stereocenters. The molecular weight excluding hydrogens is 334 g/mol. The Morgan fingerprint density at radius 2 is 2.10 bits per heavy atom. The summed E-state index contributed by atoms with van der Waals surface area (Å²) in [6, 6.07) is 7.27. The zero-order valence-corrected chi connectivity index (χ0v) is 13.4. The molecule has 0 radical (unpaired) electrons. The van der Waals surface area contributed by atoms with Crippen LogP contribution in [0.1, 0.15) is 29.6 Å². The number of carbonyl (C=O) groups is 2. The number of imide groups is 1. The minimum Gasteiger partial charge on any atom is -0.329 e. The van der Waals surface area contributed by atoms with E-state index >= 15 is 0 Å². The molecule has 2 amide bonds. The zero-order valence-electron chi connectivity index (χ0n) is 11.8. The van der Waals surface area contributed by atoms with E-state index in [1.54, 1.807) is 18.2 Å². The van der Waals surface area contributed by atoms with E-state index in [4.69, 9.17) is 5.73 Å². The second-order valence-corrected chi connectivity index (χ2v) is 6.07. The largest absolute Gasteiger partial charge is 0.329 e. The maximum atomic E-state index is 12.1. The summed E-state index contributed by atoms with van der Waals surface area (Å²) >= 11 is 3.31. The van der Waals surface area contributed by atoms with Crippen LogP contribution in [0, 0.1) is 0 Å². The normalized spacial score (nSPS) is 19.2. The van der Waals surface area contributed by atoms with E-state index < -0.39 is 0 Å². The van der Waals surface area contributed by atoms with Crippen molar-refractivity contribution in [3.8, 4) is 0 Å². The quantitative estimate of drug-likeness (QED) is 0.860. The van der Waals surface area contributed by atoms with Crippen molar-refractivity contribution in [3.05, 3.63) is 34.3 Å². The lowest BCUT2D eigenvalue weighted by atomic mass is 10.0. The Hall–Kier alpha value is -1.24. The van der Waals surface area contributed by atoms with Crippen molar-refractivity contribution in [2.24, 2.45) is 5.73 Å². The average Bonchev–Trinajstić information content (AvgIpc) is 2.48. The van der Waals surface area contributed by atoms with Gasteiger partial charge in [-0.3, -0.25) is 19.8 Å². The molecule has 0 saturated carbocycles. The van der Waals surface area contributed by atoms with Gasteiger partial charge in [0.1, 0.15) is 0 Å².